The van der Waals surface area contributed by atoms with Crippen molar-refractivity contribution in [3.8, 4) is 17.1 Å². The summed E-state index contributed by atoms with van der Waals surface area (Å²) in [7, 11) is 1.64. The molecule has 6 heteroatoms. The van der Waals surface area contributed by atoms with E-state index in [1.165, 1.54) is 0 Å². The smallest absolute Gasteiger partial charge is 0.222 e. The van der Waals surface area contributed by atoms with E-state index in [0.29, 0.717) is 11.8 Å². The van der Waals surface area contributed by atoms with Gasteiger partial charge in [0.1, 0.15) is 5.52 Å². The van der Waals surface area contributed by atoms with Crippen LogP contribution in [-0.2, 0) is 6.42 Å². The molecule has 1 N–H and O–H groups in total. The molecule has 0 saturated carbocycles. The first-order valence-electron chi connectivity index (χ1n) is 9.99. The zero-order valence-corrected chi connectivity index (χ0v) is 17.7. The zero-order chi connectivity index (χ0) is 20.4. The Morgan fingerprint density at radius 3 is 2.46 bits per heavy atom. The third-order valence-electron chi connectivity index (χ3n) is 5.23. The number of fused-ring (bicyclic) bond motifs is 1. The van der Waals surface area contributed by atoms with Gasteiger partial charge in [0.2, 0.25) is 5.88 Å². The van der Waals surface area contributed by atoms with E-state index in [0.717, 1.165) is 52.2 Å². The highest BCUT2D eigenvalue weighted by molar-refractivity contribution is 5.81. The van der Waals surface area contributed by atoms with Crippen LogP contribution in [0.25, 0.3) is 22.4 Å². The zero-order valence-electron chi connectivity index (χ0n) is 17.7. The molecule has 0 spiro atoms. The molecule has 0 aromatic carbocycles. The summed E-state index contributed by atoms with van der Waals surface area (Å²) in [6.45, 7) is 10.5. The van der Waals surface area contributed by atoms with E-state index in [9.17, 15) is 5.11 Å². The van der Waals surface area contributed by atoms with Gasteiger partial charge in [-0.25, -0.2) is 15.0 Å². The first-order valence-corrected chi connectivity index (χ1v) is 9.99. The van der Waals surface area contributed by atoms with E-state index in [1.807, 2.05) is 25.3 Å². The van der Waals surface area contributed by atoms with E-state index in [4.69, 9.17) is 14.7 Å². The first-order chi connectivity index (χ1) is 13.4. The fraction of sp³-hybridized carbons (Fsp3) is 0.500. The Morgan fingerprint density at radius 2 is 1.89 bits per heavy atom. The minimum atomic E-state index is 0.00239. The lowest BCUT2D eigenvalue weighted by atomic mass is 10.1. The molecule has 0 unspecified atom stereocenters. The lowest BCUT2D eigenvalue weighted by Crippen LogP contribution is -2.12. The average Bonchev–Trinajstić information content (AvgIpc) is 3.03. The van der Waals surface area contributed by atoms with Crippen molar-refractivity contribution in [2.45, 2.75) is 59.4 Å². The summed E-state index contributed by atoms with van der Waals surface area (Å²) in [6, 6.07) is 4.07. The molecule has 0 amide bonds. The van der Waals surface area contributed by atoms with Crippen molar-refractivity contribution in [2.24, 2.45) is 0 Å². The molecule has 6 nitrogen and oxygen atoms in total. The number of methoxy groups -OCH3 is 1. The summed E-state index contributed by atoms with van der Waals surface area (Å²) in [5.74, 6) is 0.899. The Hall–Kier alpha value is -2.47. The number of aromatic nitrogens is 4. The van der Waals surface area contributed by atoms with E-state index in [-0.39, 0.29) is 12.6 Å². The van der Waals surface area contributed by atoms with Crippen molar-refractivity contribution in [2.75, 3.05) is 13.7 Å². The molecule has 150 valence electrons. The van der Waals surface area contributed by atoms with Crippen molar-refractivity contribution in [1.29, 1.82) is 0 Å². The highest BCUT2D eigenvalue weighted by Gasteiger charge is 2.21. The average molecular weight is 383 g/mol. The summed E-state index contributed by atoms with van der Waals surface area (Å²) in [4.78, 5) is 14.6. The molecule has 0 bridgehead atoms. The van der Waals surface area contributed by atoms with Gasteiger partial charge >= 0.3 is 0 Å². The maximum atomic E-state index is 9.75. The van der Waals surface area contributed by atoms with Gasteiger partial charge in [-0.2, -0.15) is 0 Å². The quantitative estimate of drug-likeness (QED) is 0.654. The van der Waals surface area contributed by atoms with Gasteiger partial charge in [0.25, 0.3) is 0 Å². The van der Waals surface area contributed by atoms with Crippen molar-refractivity contribution in [1.82, 2.24) is 19.5 Å². The van der Waals surface area contributed by atoms with Gasteiger partial charge in [0, 0.05) is 11.9 Å². The number of aryl methyl sites for hydroxylation is 2. The monoisotopic (exact) mass is 382 g/mol. The molecule has 0 fully saturated rings. The summed E-state index contributed by atoms with van der Waals surface area (Å²) in [5, 5.41) is 9.75. The third kappa shape index (κ3) is 3.49. The summed E-state index contributed by atoms with van der Waals surface area (Å²) >= 11 is 0. The van der Waals surface area contributed by atoms with Gasteiger partial charge in [-0.15, -0.1) is 0 Å². The lowest BCUT2D eigenvalue weighted by Gasteiger charge is -2.16. The maximum Gasteiger partial charge on any atom is 0.222 e. The fourth-order valence-corrected chi connectivity index (χ4v) is 3.50. The van der Waals surface area contributed by atoms with Crippen LogP contribution in [0.4, 0.5) is 0 Å². The molecule has 3 aromatic rings. The van der Waals surface area contributed by atoms with Crippen LogP contribution in [-0.4, -0.2) is 38.3 Å². The van der Waals surface area contributed by atoms with Crippen LogP contribution in [0.15, 0.2) is 18.3 Å². The Balaban J connectivity index is 2.24. The minimum absolute atomic E-state index is 0.00239. The SMILES string of the molecule is CCc1nc2c(nc1-c1ccc(C(C)C)nc1OC)c(C)cn2[C@@H](CC)CO. The van der Waals surface area contributed by atoms with Crippen molar-refractivity contribution >= 4 is 11.2 Å². The lowest BCUT2D eigenvalue weighted by molar-refractivity contribution is 0.227. The Morgan fingerprint density at radius 1 is 1.14 bits per heavy atom. The molecular weight excluding hydrogens is 352 g/mol. The highest BCUT2D eigenvalue weighted by Crippen LogP contribution is 2.33. The minimum Gasteiger partial charge on any atom is -0.480 e. The molecule has 3 heterocycles. The highest BCUT2D eigenvalue weighted by atomic mass is 16.5. The van der Waals surface area contributed by atoms with Crippen molar-refractivity contribution < 1.29 is 9.84 Å². The second-order valence-corrected chi connectivity index (χ2v) is 7.46. The number of hydrogen-bond acceptors (Lipinski definition) is 5. The molecule has 3 aromatic heterocycles. The van der Waals surface area contributed by atoms with Crippen LogP contribution in [0.1, 0.15) is 63.0 Å². The third-order valence-corrected chi connectivity index (χ3v) is 5.23. The van der Waals surface area contributed by atoms with Crippen LogP contribution in [0.5, 0.6) is 5.88 Å². The van der Waals surface area contributed by atoms with E-state index in [1.54, 1.807) is 7.11 Å². The number of pyridine rings is 1. The van der Waals surface area contributed by atoms with Crippen molar-refractivity contribution in [3.05, 3.63) is 35.3 Å². The van der Waals surface area contributed by atoms with Crippen LogP contribution in [0.2, 0.25) is 0 Å². The normalized spacial score (nSPS) is 12.7. The number of nitrogens with zero attached hydrogens (tertiary/aromatic N) is 4. The Kier molecular flexibility index (Phi) is 5.98. The van der Waals surface area contributed by atoms with Gasteiger partial charge in [-0.1, -0.05) is 27.7 Å². The van der Waals surface area contributed by atoms with Crippen LogP contribution < -0.4 is 4.74 Å². The molecule has 0 saturated heterocycles. The van der Waals surface area contributed by atoms with E-state index in [2.05, 4.69) is 37.2 Å². The van der Waals surface area contributed by atoms with Crippen LogP contribution >= 0.6 is 0 Å². The summed E-state index contributed by atoms with van der Waals surface area (Å²) < 4.78 is 7.65. The molecule has 28 heavy (non-hydrogen) atoms. The van der Waals surface area contributed by atoms with Gasteiger partial charge in [0.15, 0.2) is 5.65 Å². The molecule has 1 atom stereocenters. The van der Waals surface area contributed by atoms with Crippen molar-refractivity contribution in [3.63, 3.8) is 0 Å². The van der Waals surface area contributed by atoms with Crippen LogP contribution in [0.3, 0.4) is 0 Å². The maximum absolute atomic E-state index is 9.75. The first kappa shape index (κ1) is 20.3. The predicted octanol–water partition coefficient (Wildman–Crippen LogP) is 4.44. The second kappa shape index (κ2) is 8.27. The Labute approximate surface area is 166 Å². The summed E-state index contributed by atoms with van der Waals surface area (Å²) in [6.07, 6.45) is 3.61. The Bertz CT molecular complexity index is 974. The van der Waals surface area contributed by atoms with Gasteiger partial charge in [-0.05, 0) is 43.4 Å². The molecule has 0 aliphatic rings. The second-order valence-electron chi connectivity index (χ2n) is 7.46. The molecular formula is C22H30N4O2. The topological polar surface area (TPSA) is 73.1 Å². The largest absolute Gasteiger partial charge is 0.480 e. The van der Waals surface area contributed by atoms with Crippen LogP contribution in [0, 0.1) is 6.92 Å². The number of aliphatic hydroxyl groups is 1. The van der Waals surface area contributed by atoms with Gasteiger partial charge < -0.3 is 14.4 Å². The predicted molar refractivity (Wildman–Crippen MR) is 112 cm³/mol. The number of rotatable bonds is 7. The standard InChI is InChI=1S/C22H30N4O2/c1-7-15(12-27)26-11-14(5)19-21(26)23-17(8-2)20(25-19)16-9-10-18(13(3)4)24-22(16)28-6/h9-11,13,15,27H,7-8,12H2,1-6H3/t15-/m0/s1. The number of ether oxygens (including phenoxy) is 1. The number of aliphatic hydroxyl groups excluding tert-OH is 1. The van der Waals surface area contributed by atoms with E-state index >= 15 is 0 Å². The van der Waals surface area contributed by atoms with E-state index < -0.39 is 0 Å². The van der Waals surface area contributed by atoms with Gasteiger partial charge in [-0.3, -0.25) is 0 Å². The molecule has 0 radical (unpaired) electrons. The van der Waals surface area contributed by atoms with Gasteiger partial charge in [0.05, 0.1) is 36.7 Å². The fourth-order valence-electron chi connectivity index (χ4n) is 3.50. The number of hydrogen-bond donors (Lipinski definition) is 1. The molecule has 0 aliphatic heterocycles. The summed E-state index contributed by atoms with van der Waals surface area (Å²) in [5.41, 5.74) is 6.29. The molecule has 0 aliphatic carbocycles. The molecule has 3 rings (SSSR count).